The van der Waals surface area contributed by atoms with E-state index >= 15 is 0 Å². The van der Waals surface area contributed by atoms with Gasteiger partial charge in [0, 0.05) is 30.1 Å². The molecular formula is C20H22F3N3O3S. The second-order valence-corrected chi connectivity index (χ2v) is 7.94. The highest BCUT2D eigenvalue weighted by molar-refractivity contribution is 8.00. The number of hydrogen-bond donors (Lipinski definition) is 2. The Morgan fingerprint density at radius 1 is 1.27 bits per heavy atom. The number of aliphatic hydroxyl groups is 1. The van der Waals surface area contributed by atoms with Crippen LogP contribution in [-0.4, -0.2) is 32.9 Å². The summed E-state index contributed by atoms with van der Waals surface area (Å²) in [5.41, 5.74) is 0.649. The standard InChI is InChI=1S/C20H22F3N3O3S/c21-20(22,23)13-5-3-6-14(11-13)24-17(28)12-30-18-15-7-1-2-8-16(15)26(9-4-10-27)19(29)25-18/h3,5-6,11,27H,1-2,4,7-10,12H2,(H,24,28). The molecule has 0 unspecified atom stereocenters. The monoisotopic (exact) mass is 441 g/mol. The predicted molar refractivity (Wildman–Crippen MR) is 108 cm³/mol. The second-order valence-electron chi connectivity index (χ2n) is 6.98. The van der Waals surface area contributed by atoms with Gasteiger partial charge in [-0.15, -0.1) is 0 Å². The van der Waals surface area contributed by atoms with Crippen molar-refractivity contribution in [2.45, 2.75) is 49.9 Å². The molecule has 1 aromatic heterocycles. The lowest BCUT2D eigenvalue weighted by atomic mass is 9.97. The van der Waals surface area contributed by atoms with Crippen LogP contribution in [0.25, 0.3) is 0 Å². The number of carbonyl (C=O) groups excluding carboxylic acids is 1. The van der Waals surface area contributed by atoms with Gasteiger partial charge in [-0.05, 0) is 50.3 Å². The fraction of sp³-hybridized carbons (Fsp3) is 0.450. The summed E-state index contributed by atoms with van der Waals surface area (Å²) in [6.07, 6.45) is -0.632. The van der Waals surface area contributed by atoms with Crippen LogP contribution in [0.5, 0.6) is 0 Å². The van der Waals surface area contributed by atoms with Crippen molar-refractivity contribution in [3.63, 3.8) is 0 Å². The van der Waals surface area contributed by atoms with Gasteiger partial charge >= 0.3 is 11.9 Å². The van der Waals surface area contributed by atoms with E-state index in [2.05, 4.69) is 10.3 Å². The molecule has 0 radical (unpaired) electrons. The maximum atomic E-state index is 12.8. The molecule has 6 nitrogen and oxygen atoms in total. The Kier molecular flexibility index (Phi) is 7.19. The van der Waals surface area contributed by atoms with Crippen molar-refractivity contribution in [2.24, 2.45) is 0 Å². The van der Waals surface area contributed by atoms with Crippen LogP contribution in [0, 0.1) is 0 Å². The molecule has 1 aliphatic rings. The van der Waals surface area contributed by atoms with Gasteiger partial charge in [0.05, 0.1) is 11.3 Å². The van der Waals surface area contributed by atoms with E-state index in [-0.39, 0.29) is 18.0 Å². The Bertz CT molecular complexity index is 976. The number of nitrogens with one attached hydrogen (secondary N) is 1. The third kappa shape index (κ3) is 5.42. The quantitative estimate of drug-likeness (QED) is 0.509. The molecule has 0 spiro atoms. The number of nitrogens with zero attached hydrogens (tertiary/aromatic N) is 2. The minimum atomic E-state index is -4.49. The first-order valence-corrected chi connectivity index (χ1v) is 10.6. The topological polar surface area (TPSA) is 84.2 Å². The summed E-state index contributed by atoms with van der Waals surface area (Å²) < 4.78 is 40.0. The Balaban J connectivity index is 1.72. The van der Waals surface area contributed by atoms with Crippen LogP contribution in [0.2, 0.25) is 0 Å². The summed E-state index contributed by atoms with van der Waals surface area (Å²) in [6, 6.07) is 4.44. The average Bonchev–Trinajstić information content (AvgIpc) is 2.71. The minimum Gasteiger partial charge on any atom is -0.396 e. The zero-order valence-electron chi connectivity index (χ0n) is 16.2. The van der Waals surface area contributed by atoms with Gasteiger partial charge in [0.25, 0.3) is 0 Å². The molecule has 1 heterocycles. The molecule has 0 atom stereocenters. The molecule has 0 aliphatic heterocycles. The summed E-state index contributed by atoms with van der Waals surface area (Å²) in [6.45, 7) is 0.374. The van der Waals surface area contributed by atoms with Crippen molar-refractivity contribution < 1.29 is 23.1 Å². The van der Waals surface area contributed by atoms with Crippen LogP contribution in [0.15, 0.2) is 34.1 Å². The van der Waals surface area contributed by atoms with E-state index in [9.17, 15) is 22.8 Å². The van der Waals surface area contributed by atoms with Crippen LogP contribution in [0.1, 0.15) is 36.1 Å². The molecule has 0 fully saturated rings. The van der Waals surface area contributed by atoms with Crippen molar-refractivity contribution in [3.05, 3.63) is 51.6 Å². The Labute approximate surface area is 175 Å². The normalized spacial score (nSPS) is 13.7. The number of fused-ring (bicyclic) bond motifs is 1. The second kappa shape index (κ2) is 9.65. The number of rotatable bonds is 7. The van der Waals surface area contributed by atoms with Gasteiger partial charge in [-0.2, -0.15) is 18.2 Å². The largest absolute Gasteiger partial charge is 0.416 e. The molecule has 30 heavy (non-hydrogen) atoms. The van der Waals surface area contributed by atoms with Gasteiger partial charge in [-0.1, -0.05) is 17.8 Å². The number of aromatic nitrogens is 2. The summed E-state index contributed by atoms with van der Waals surface area (Å²) in [5, 5.41) is 12.0. The SMILES string of the molecule is O=C(CSc1nc(=O)n(CCCO)c2c1CCCC2)Nc1cccc(C(F)(F)F)c1. The predicted octanol–water partition coefficient (Wildman–Crippen LogP) is 3.25. The average molecular weight is 441 g/mol. The number of anilines is 1. The molecule has 0 saturated heterocycles. The lowest BCUT2D eigenvalue weighted by Gasteiger charge is -2.22. The highest BCUT2D eigenvalue weighted by Gasteiger charge is 2.30. The summed E-state index contributed by atoms with van der Waals surface area (Å²) in [4.78, 5) is 28.8. The van der Waals surface area contributed by atoms with E-state index in [1.165, 1.54) is 12.1 Å². The number of benzene rings is 1. The molecule has 2 aromatic rings. The number of thioether (sulfide) groups is 1. The molecule has 0 bridgehead atoms. The van der Waals surface area contributed by atoms with Crippen LogP contribution < -0.4 is 11.0 Å². The lowest BCUT2D eigenvalue weighted by molar-refractivity contribution is -0.137. The fourth-order valence-corrected chi connectivity index (χ4v) is 4.31. The van der Waals surface area contributed by atoms with E-state index < -0.39 is 23.3 Å². The Hall–Kier alpha value is -2.33. The van der Waals surface area contributed by atoms with Crippen molar-refractivity contribution in [2.75, 3.05) is 17.7 Å². The van der Waals surface area contributed by atoms with Crippen LogP contribution in [-0.2, 0) is 30.4 Å². The van der Waals surface area contributed by atoms with Gasteiger partial charge in [-0.3, -0.25) is 9.36 Å². The molecule has 162 valence electrons. The minimum absolute atomic E-state index is 0.0204. The van der Waals surface area contributed by atoms with Gasteiger partial charge < -0.3 is 10.4 Å². The molecule has 3 rings (SSSR count). The Morgan fingerprint density at radius 2 is 2.03 bits per heavy atom. The molecule has 2 N–H and O–H groups in total. The third-order valence-corrected chi connectivity index (χ3v) is 5.82. The van der Waals surface area contributed by atoms with E-state index in [0.29, 0.717) is 18.0 Å². The first kappa shape index (κ1) is 22.4. The number of halogens is 3. The van der Waals surface area contributed by atoms with Crippen molar-refractivity contribution in [3.8, 4) is 0 Å². The van der Waals surface area contributed by atoms with Crippen molar-refractivity contribution >= 4 is 23.4 Å². The summed E-state index contributed by atoms with van der Waals surface area (Å²) in [5.74, 6) is -0.550. The fourth-order valence-electron chi connectivity index (χ4n) is 3.43. The molecular weight excluding hydrogens is 419 g/mol. The van der Waals surface area contributed by atoms with E-state index in [4.69, 9.17) is 5.11 Å². The molecule has 1 amide bonds. The van der Waals surface area contributed by atoms with Crippen molar-refractivity contribution in [1.29, 1.82) is 0 Å². The molecule has 1 aliphatic carbocycles. The van der Waals surface area contributed by atoms with Crippen molar-refractivity contribution in [1.82, 2.24) is 9.55 Å². The van der Waals surface area contributed by atoms with Gasteiger partial charge in [-0.25, -0.2) is 4.79 Å². The van der Waals surface area contributed by atoms with Crippen LogP contribution >= 0.6 is 11.8 Å². The number of aliphatic hydroxyl groups excluding tert-OH is 1. The third-order valence-electron chi connectivity index (χ3n) is 4.80. The maximum Gasteiger partial charge on any atom is 0.416 e. The summed E-state index contributed by atoms with van der Waals surface area (Å²) >= 11 is 1.11. The smallest absolute Gasteiger partial charge is 0.396 e. The first-order valence-electron chi connectivity index (χ1n) is 9.63. The number of alkyl halides is 3. The number of hydrogen-bond acceptors (Lipinski definition) is 5. The van der Waals surface area contributed by atoms with E-state index in [1.54, 1.807) is 4.57 Å². The van der Waals surface area contributed by atoms with Gasteiger partial charge in [0.2, 0.25) is 5.91 Å². The van der Waals surface area contributed by atoms with Crippen LogP contribution in [0.3, 0.4) is 0 Å². The Morgan fingerprint density at radius 3 is 2.77 bits per heavy atom. The maximum absolute atomic E-state index is 12.8. The zero-order chi connectivity index (χ0) is 21.7. The van der Waals surface area contributed by atoms with Gasteiger partial charge in [0.15, 0.2) is 0 Å². The first-order chi connectivity index (χ1) is 14.3. The molecule has 10 heteroatoms. The van der Waals surface area contributed by atoms with Gasteiger partial charge in [0.1, 0.15) is 5.03 Å². The summed E-state index contributed by atoms with van der Waals surface area (Å²) in [7, 11) is 0. The van der Waals surface area contributed by atoms with Crippen LogP contribution in [0.4, 0.5) is 18.9 Å². The molecule has 0 saturated carbocycles. The van der Waals surface area contributed by atoms with E-state index in [0.717, 1.165) is 60.8 Å². The highest BCUT2D eigenvalue weighted by Crippen LogP contribution is 2.31. The number of carbonyl (C=O) groups is 1. The van der Waals surface area contributed by atoms with E-state index in [1.807, 2.05) is 0 Å². The lowest BCUT2D eigenvalue weighted by Crippen LogP contribution is -2.30. The number of amides is 1. The highest BCUT2D eigenvalue weighted by atomic mass is 32.2. The zero-order valence-corrected chi connectivity index (χ0v) is 17.0. The molecule has 1 aromatic carbocycles.